The van der Waals surface area contributed by atoms with Crippen LogP contribution in [0.25, 0.3) is 5.65 Å². The summed E-state index contributed by atoms with van der Waals surface area (Å²) < 4.78 is 1.75. The number of hydrogen-bond donors (Lipinski definition) is 1. The Balaban J connectivity index is 2.23. The number of rotatable bonds is 5. The molecule has 0 fully saturated rings. The summed E-state index contributed by atoms with van der Waals surface area (Å²) in [6.07, 6.45) is 4.63. The Kier molecular flexibility index (Phi) is 3.63. The van der Waals surface area contributed by atoms with Gasteiger partial charge >= 0.3 is 0 Å². The van der Waals surface area contributed by atoms with Gasteiger partial charge in [0.25, 0.3) is 0 Å². The average molecular weight is 234 g/mol. The molecule has 0 aliphatic heterocycles. The van der Waals surface area contributed by atoms with Crippen molar-refractivity contribution < 1.29 is 0 Å². The first-order chi connectivity index (χ1) is 8.24. The normalized spacial score (nSPS) is 15.0. The second-order valence-electron chi connectivity index (χ2n) is 4.31. The first-order valence-electron chi connectivity index (χ1n) is 5.99. The van der Waals surface area contributed by atoms with Crippen molar-refractivity contribution in [3.63, 3.8) is 0 Å². The van der Waals surface area contributed by atoms with Crippen molar-refractivity contribution in [1.82, 2.24) is 30.3 Å². The van der Waals surface area contributed by atoms with Gasteiger partial charge in [0, 0.05) is 18.2 Å². The topological polar surface area (TPSA) is 68.0 Å². The number of aromatic nitrogens is 5. The van der Waals surface area contributed by atoms with Crippen LogP contribution in [-0.4, -0.2) is 37.6 Å². The maximum Gasteiger partial charge on any atom is 0.197 e. The minimum absolute atomic E-state index is 0.307. The molecule has 2 unspecified atom stereocenters. The molecule has 2 aromatic heterocycles. The highest BCUT2D eigenvalue weighted by atomic mass is 15.5. The number of tetrazole rings is 1. The number of nitrogens with zero attached hydrogens (tertiary/aromatic N) is 5. The fourth-order valence-electron chi connectivity index (χ4n) is 1.81. The van der Waals surface area contributed by atoms with Crippen molar-refractivity contribution in [1.29, 1.82) is 0 Å². The quantitative estimate of drug-likeness (QED) is 0.836. The maximum absolute atomic E-state index is 4.18. The summed E-state index contributed by atoms with van der Waals surface area (Å²) >= 11 is 0. The lowest BCUT2D eigenvalue weighted by atomic mass is 10.00. The zero-order chi connectivity index (χ0) is 12.3. The number of nitrogens with one attached hydrogen (secondary N) is 1. The van der Waals surface area contributed by atoms with E-state index in [-0.39, 0.29) is 0 Å². The smallest absolute Gasteiger partial charge is 0.197 e. The third-order valence-corrected chi connectivity index (χ3v) is 3.07. The summed E-state index contributed by atoms with van der Waals surface area (Å²) in [4.78, 5) is 4.18. The minimum atomic E-state index is 0.307. The lowest BCUT2D eigenvalue weighted by molar-refractivity contribution is 0.466. The van der Waals surface area contributed by atoms with Gasteiger partial charge in [-0.3, -0.25) is 4.98 Å². The molecule has 2 rings (SSSR count). The predicted molar refractivity (Wildman–Crippen MR) is 64.7 cm³/mol. The van der Waals surface area contributed by atoms with Gasteiger partial charge in [0.05, 0.1) is 11.9 Å². The second-order valence-corrected chi connectivity index (χ2v) is 4.31. The zero-order valence-electron chi connectivity index (χ0n) is 10.5. The summed E-state index contributed by atoms with van der Waals surface area (Å²) in [5.41, 5.74) is 1.72. The highest BCUT2D eigenvalue weighted by Gasteiger charge is 2.17. The van der Waals surface area contributed by atoms with Crippen LogP contribution in [0.1, 0.15) is 38.8 Å². The Hall–Kier alpha value is -1.56. The molecule has 1 N–H and O–H groups in total. The summed E-state index contributed by atoms with van der Waals surface area (Å²) in [5, 5.41) is 15.0. The second kappa shape index (κ2) is 5.18. The molecule has 2 atom stereocenters. The van der Waals surface area contributed by atoms with Crippen molar-refractivity contribution in [2.24, 2.45) is 0 Å². The lowest BCUT2D eigenvalue weighted by Crippen LogP contribution is -2.32. The Labute approximate surface area is 100 Å². The lowest BCUT2D eigenvalue weighted by Gasteiger charge is -2.21. The first-order valence-corrected chi connectivity index (χ1v) is 5.99. The molecule has 0 aliphatic carbocycles. The van der Waals surface area contributed by atoms with Crippen LogP contribution in [0.3, 0.4) is 0 Å². The van der Waals surface area contributed by atoms with Crippen LogP contribution >= 0.6 is 0 Å². The molecular formula is C11H18N6. The average Bonchev–Trinajstić information content (AvgIpc) is 2.82. The highest BCUT2D eigenvalue weighted by molar-refractivity contribution is 5.33. The van der Waals surface area contributed by atoms with Gasteiger partial charge in [0.2, 0.25) is 0 Å². The SMILES string of the molecule is CCCNC(C)C(C)c1cncc2nnnn12. The fourth-order valence-corrected chi connectivity index (χ4v) is 1.81. The monoisotopic (exact) mass is 234 g/mol. The van der Waals surface area contributed by atoms with Crippen molar-refractivity contribution in [2.75, 3.05) is 6.54 Å². The van der Waals surface area contributed by atoms with Gasteiger partial charge in [-0.05, 0) is 30.3 Å². The highest BCUT2D eigenvalue weighted by Crippen LogP contribution is 2.18. The van der Waals surface area contributed by atoms with Gasteiger partial charge in [-0.15, -0.1) is 5.10 Å². The van der Waals surface area contributed by atoms with Gasteiger partial charge in [0.1, 0.15) is 0 Å². The largest absolute Gasteiger partial charge is 0.314 e. The number of fused-ring (bicyclic) bond motifs is 1. The van der Waals surface area contributed by atoms with Gasteiger partial charge < -0.3 is 5.32 Å². The third kappa shape index (κ3) is 2.41. The summed E-state index contributed by atoms with van der Waals surface area (Å²) in [6.45, 7) is 7.51. The van der Waals surface area contributed by atoms with Crippen LogP contribution in [0.4, 0.5) is 0 Å². The molecule has 17 heavy (non-hydrogen) atoms. The Morgan fingerprint density at radius 3 is 2.94 bits per heavy atom. The van der Waals surface area contributed by atoms with Gasteiger partial charge in [0.15, 0.2) is 5.65 Å². The van der Waals surface area contributed by atoms with Crippen molar-refractivity contribution in [3.8, 4) is 0 Å². The Morgan fingerprint density at radius 2 is 2.18 bits per heavy atom. The Morgan fingerprint density at radius 1 is 1.35 bits per heavy atom. The molecule has 0 bridgehead atoms. The molecule has 0 saturated carbocycles. The molecule has 0 aliphatic rings. The van der Waals surface area contributed by atoms with Gasteiger partial charge in [-0.25, -0.2) is 0 Å². The molecule has 2 aromatic rings. The maximum atomic E-state index is 4.18. The van der Waals surface area contributed by atoms with Crippen LogP contribution in [0, 0.1) is 0 Å². The molecule has 6 heteroatoms. The van der Waals surface area contributed by atoms with Crippen molar-refractivity contribution >= 4 is 5.65 Å². The van der Waals surface area contributed by atoms with Crippen molar-refractivity contribution in [2.45, 2.75) is 39.2 Å². The van der Waals surface area contributed by atoms with Crippen LogP contribution in [0.5, 0.6) is 0 Å². The number of hydrogen-bond acceptors (Lipinski definition) is 5. The van der Waals surface area contributed by atoms with E-state index in [9.17, 15) is 0 Å². The predicted octanol–water partition coefficient (Wildman–Crippen LogP) is 1.01. The summed E-state index contributed by atoms with van der Waals surface area (Å²) in [5.74, 6) is 0.307. The van der Waals surface area contributed by atoms with E-state index in [1.54, 1.807) is 10.7 Å². The molecule has 92 valence electrons. The molecule has 0 spiro atoms. The molecule has 0 radical (unpaired) electrons. The van der Waals surface area contributed by atoms with Gasteiger partial charge in [-0.2, -0.15) is 4.52 Å². The van der Waals surface area contributed by atoms with E-state index in [1.165, 1.54) is 0 Å². The minimum Gasteiger partial charge on any atom is -0.314 e. The van der Waals surface area contributed by atoms with E-state index in [0.717, 1.165) is 18.7 Å². The van der Waals surface area contributed by atoms with Crippen LogP contribution < -0.4 is 5.32 Å². The van der Waals surface area contributed by atoms with E-state index in [0.29, 0.717) is 17.6 Å². The molecule has 0 saturated heterocycles. The van der Waals surface area contributed by atoms with E-state index < -0.39 is 0 Å². The van der Waals surface area contributed by atoms with E-state index in [4.69, 9.17) is 0 Å². The third-order valence-electron chi connectivity index (χ3n) is 3.07. The summed E-state index contributed by atoms with van der Waals surface area (Å²) in [7, 11) is 0. The van der Waals surface area contributed by atoms with Crippen molar-refractivity contribution in [3.05, 3.63) is 18.1 Å². The van der Waals surface area contributed by atoms with E-state index >= 15 is 0 Å². The van der Waals surface area contributed by atoms with Crippen LogP contribution in [0.2, 0.25) is 0 Å². The molecule has 6 nitrogen and oxygen atoms in total. The summed E-state index contributed by atoms with van der Waals surface area (Å²) in [6, 6.07) is 0.367. The van der Waals surface area contributed by atoms with E-state index in [2.05, 4.69) is 46.6 Å². The van der Waals surface area contributed by atoms with Crippen LogP contribution in [-0.2, 0) is 0 Å². The van der Waals surface area contributed by atoms with Crippen LogP contribution in [0.15, 0.2) is 12.4 Å². The van der Waals surface area contributed by atoms with Gasteiger partial charge in [-0.1, -0.05) is 13.8 Å². The van der Waals surface area contributed by atoms with E-state index in [1.807, 2.05) is 6.20 Å². The molecule has 0 aromatic carbocycles. The molecule has 2 heterocycles. The Bertz CT molecular complexity index is 480. The molecular weight excluding hydrogens is 216 g/mol. The standard InChI is InChI=1S/C11H18N6/c1-4-5-13-9(3)8(2)10-6-12-7-11-14-15-16-17(10)11/h6-9,13H,4-5H2,1-3H3. The fraction of sp³-hybridized carbons (Fsp3) is 0.636. The first kappa shape index (κ1) is 11.9. The molecule has 0 amide bonds. The zero-order valence-corrected chi connectivity index (χ0v) is 10.5.